The lowest BCUT2D eigenvalue weighted by atomic mass is 9.82. The Kier molecular flexibility index (Phi) is 7.24. The van der Waals surface area contributed by atoms with Crippen LogP contribution in [0.2, 0.25) is 0 Å². The van der Waals surface area contributed by atoms with Crippen molar-refractivity contribution in [3.05, 3.63) is 35.4 Å². The Morgan fingerprint density at radius 2 is 1.96 bits per heavy atom. The van der Waals surface area contributed by atoms with Crippen LogP contribution in [0.5, 0.6) is 0 Å². The van der Waals surface area contributed by atoms with Crippen molar-refractivity contribution < 1.29 is 18.3 Å². The Hall–Kier alpha value is -1.73. The molecule has 3 N–H and O–H groups in total. The predicted octanol–water partition coefficient (Wildman–Crippen LogP) is 3.53. The van der Waals surface area contributed by atoms with Crippen molar-refractivity contribution in [1.29, 1.82) is 0 Å². The number of nitrogens with one attached hydrogen (secondary N) is 1. The van der Waals surface area contributed by atoms with E-state index in [0.717, 1.165) is 44.1 Å². The summed E-state index contributed by atoms with van der Waals surface area (Å²) in [7, 11) is 0. The van der Waals surface area contributed by atoms with Crippen LogP contribution in [0, 0.1) is 11.6 Å². The number of rotatable bonds is 5. The molecule has 0 aromatic heterocycles. The van der Waals surface area contributed by atoms with Crippen LogP contribution in [0.4, 0.5) is 13.6 Å². The highest BCUT2D eigenvalue weighted by Gasteiger charge is 2.33. The molecule has 1 aliphatic carbocycles. The normalized spacial score (nSPS) is 28.2. The standard InChI is InChI=1S/C21H31F2N3O2/c1-2-25-21(27)26-11-3-4-19(24)20(26)13-28-16-8-5-14(6-9-16)15-7-10-17(22)18(23)12-15/h7,10,12,14,16,19-20H,2-6,8-9,11,13,24H2,1H3,(H,25,27)/t14-,16+,19?,20-/m0/s1. The van der Waals surface area contributed by atoms with E-state index >= 15 is 0 Å². The summed E-state index contributed by atoms with van der Waals surface area (Å²) in [6.07, 6.45) is 5.42. The number of hydrogen-bond donors (Lipinski definition) is 2. The van der Waals surface area contributed by atoms with Gasteiger partial charge in [-0.3, -0.25) is 0 Å². The second-order valence-electron chi connectivity index (χ2n) is 7.88. The Morgan fingerprint density at radius 3 is 2.64 bits per heavy atom. The third-order valence-electron chi connectivity index (χ3n) is 6.01. The van der Waals surface area contributed by atoms with Gasteiger partial charge in [-0.05, 0) is 69.1 Å². The van der Waals surface area contributed by atoms with E-state index in [0.29, 0.717) is 19.7 Å². The van der Waals surface area contributed by atoms with Crippen molar-refractivity contribution in [2.24, 2.45) is 5.73 Å². The van der Waals surface area contributed by atoms with E-state index in [9.17, 15) is 13.6 Å². The fourth-order valence-corrected chi connectivity index (χ4v) is 4.37. The van der Waals surface area contributed by atoms with Gasteiger partial charge in [0.2, 0.25) is 0 Å². The highest BCUT2D eigenvalue weighted by Crippen LogP contribution is 2.34. The number of halogens is 2. The van der Waals surface area contributed by atoms with Crippen LogP contribution in [0.3, 0.4) is 0 Å². The minimum atomic E-state index is -0.804. The molecule has 1 aliphatic heterocycles. The van der Waals surface area contributed by atoms with Crippen LogP contribution in [0.15, 0.2) is 18.2 Å². The average Bonchev–Trinajstić information content (AvgIpc) is 2.69. The van der Waals surface area contributed by atoms with E-state index < -0.39 is 11.6 Å². The summed E-state index contributed by atoms with van der Waals surface area (Å²) < 4.78 is 32.8. The first-order chi connectivity index (χ1) is 13.5. The average molecular weight is 395 g/mol. The van der Waals surface area contributed by atoms with Gasteiger partial charge in [0.05, 0.1) is 18.8 Å². The topological polar surface area (TPSA) is 67.6 Å². The maximum absolute atomic E-state index is 13.5. The van der Waals surface area contributed by atoms with E-state index in [1.165, 1.54) is 12.1 Å². The molecule has 1 heterocycles. The third kappa shape index (κ3) is 5.00. The number of nitrogens with zero attached hydrogens (tertiary/aromatic N) is 1. The minimum absolute atomic E-state index is 0.0742. The van der Waals surface area contributed by atoms with Crippen molar-refractivity contribution >= 4 is 6.03 Å². The molecule has 2 fully saturated rings. The Labute approximate surface area is 165 Å². The summed E-state index contributed by atoms with van der Waals surface area (Å²) >= 11 is 0. The lowest BCUT2D eigenvalue weighted by Crippen LogP contribution is -2.58. The summed E-state index contributed by atoms with van der Waals surface area (Å²) in [6.45, 7) is 3.64. The first-order valence-electron chi connectivity index (χ1n) is 10.4. The van der Waals surface area contributed by atoms with Gasteiger partial charge in [0, 0.05) is 19.1 Å². The molecule has 1 saturated heterocycles. The van der Waals surface area contributed by atoms with Crippen LogP contribution in [0.25, 0.3) is 0 Å². The molecule has 0 bridgehead atoms. The molecule has 0 radical (unpaired) electrons. The zero-order chi connectivity index (χ0) is 20.1. The van der Waals surface area contributed by atoms with Crippen molar-refractivity contribution in [2.75, 3.05) is 19.7 Å². The summed E-state index contributed by atoms with van der Waals surface area (Å²) in [5.74, 6) is -1.35. The van der Waals surface area contributed by atoms with Gasteiger partial charge in [-0.15, -0.1) is 0 Å². The Balaban J connectivity index is 1.51. The number of likely N-dealkylation sites (tertiary alicyclic amines) is 1. The number of piperidine rings is 1. The Bertz CT molecular complexity index is 665. The van der Waals surface area contributed by atoms with Crippen molar-refractivity contribution in [3.63, 3.8) is 0 Å². The molecule has 1 aromatic carbocycles. The van der Waals surface area contributed by atoms with Crippen LogP contribution < -0.4 is 11.1 Å². The molecule has 2 aliphatic rings. The van der Waals surface area contributed by atoms with Crippen molar-refractivity contribution in [1.82, 2.24) is 10.2 Å². The fourth-order valence-electron chi connectivity index (χ4n) is 4.37. The molecule has 7 heteroatoms. The Morgan fingerprint density at radius 1 is 1.21 bits per heavy atom. The van der Waals surface area contributed by atoms with Gasteiger partial charge in [0.15, 0.2) is 11.6 Å². The lowest BCUT2D eigenvalue weighted by molar-refractivity contribution is -0.0158. The van der Waals surface area contributed by atoms with E-state index in [-0.39, 0.29) is 30.1 Å². The van der Waals surface area contributed by atoms with Gasteiger partial charge >= 0.3 is 6.03 Å². The molecule has 0 spiro atoms. The molecule has 1 aromatic rings. The van der Waals surface area contributed by atoms with Gasteiger partial charge in [0.25, 0.3) is 0 Å². The molecule has 3 rings (SSSR count). The molecular weight excluding hydrogens is 364 g/mol. The number of amides is 2. The van der Waals surface area contributed by atoms with Crippen molar-refractivity contribution in [3.8, 4) is 0 Å². The smallest absolute Gasteiger partial charge is 0.317 e. The van der Waals surface area contributed by atoms with E-state index in [4.69, 9.17) is 10.5 Å². The van der Waals surface area contributed by atoms with Crippen LogP contribution in [0.1, 0.15) is 56.9 Å². The monoisotopic (exact) mass is 395 g/mol. The van der Waals surface area contributed by atoms with E-state index in [1.54, 1.807) is 6.07 Å². The zero-order valence-electron chi connectivity index (χ0n) is 16.5. The summed E-state index contributed by atoms with van der Waals surface area (Å²) in [6, 6.07) is 3.93. The second-order valence-corrected chi connectivity index (χ2v) is 7.88. The predicted molar refractivity (Wildman–Crippen MR) is 104 cm³/mol. The number of carbonyl (C=O) groups excluding carboxylic acids is 1. The first kappa shape index (κ1) is 21.0. The zero-order valence-corrected chi connectivity index (χ0v) is 16.5. The van der Waals surface area contributed by atoms with Gasteiger partial charge < -0.3 is 20.7 Å². The second kappa shape index (κ2) is 9.65. The number of hydrogen-bond acceptors (Lipinski definition) is 3. The quantitative estimate of drug-likeness (QED) is 0.802. The summed E-state index contributed by atoms with van der Waals surface area (Å²) in [5.41, 5.74) is 7.13. The first-order valence-corrected chi connectivity index (χ1v) is 10.4. The van der Waals surface area contributed by atoms with Crippen LogP contribution >= 0.6 is 0 Å². The van der Waals surface area contributed by atoms with Gasteiger partial charge in [-0.25, -0.2) is 13.6 Å². The molecule has 28 heavy (non-hydrogen) atoms. The van der Waals surface area contributed by atoms with Crippen LogP contribution in [-0.4, -0.2) is 48.8 Å². The van der Waals surface area contributed by atoms with Gasteiger partial charge in [0.1, 0.15) is 0 Å². The SMILES string of the molecule is CCNC(=O)N1CCCC(N)[C@@H]1CO[C@H]1CC[C@@H](c2ccc(F)c(F)c2)CC1. The molecule has 1 unspecified atom stereocenters. The number of urea groups is 1. The molecular formula is C21H31F2N3O2. The number of nitrogens with two attached hydrogens (primary N) is 1. The van der Waals surface area contributed by atoms with Gasteiger partial charge in [-0.2, -0.15) is 0 Å². The summed E-state index contributed by atoms with van der Waals surface area (Å²) in [4.78, 5) is 14.1. The third-order valence-corrected chi connectivity index (χ3v) is 6.01. The number of ether oxygens (including phenoxy) is 1. The lowest BCUT2D eigenvalue weighted by Gasteiger charge is -2.40. The number of carbonyl (C=O) groups is 1. The van der Waals surface area contributed by atoms with Crippen LogP contribution in [-0.2, 0) is 4.74 Å². The maximum Gasteiger partial charge on any atom is 0.317 e. The number of benzene rings is 1. The minimum Gasteiger partial charge on any atom is -0.376 e. The molecule has 5 nitrogen and oxygen atoms in total. The maximum atomic E-state index is 13.5. The van der Waals surface area contributed by atoms with Gasteiger partial charge in [-0.1, -0.05) is 6.07 Å². The highest BCUT2D eigenvalue weighted by atomic mass is 19.2. The summed E-state index contributed by atoms with van der Waals surface area (Å²) in [5, 5.41) is 2.85. The molecule has 2 amide bonds. The van der Waals surface area contributed by atoms with E-state index in [2.05, 4.69) is 5.32 Å². The molecule has 2 atom stereocenters. The van der Waals surface area contributed by atoms with E-state index in [1.807, 2.05) is 11.8 Å². The fraction of sp³-hybridized carbons (Fsp3) is 0.667. The van der Waals surface area contributed by atoms with Crippen molar-refractivity contribution in [2.45, 2.75) is 69.6 Å². The largest absolute Gasteiger partial charge is 0.376 e. The molecule has 1 saturated carbocycles. The molecule has 156 valence electrons. The highest BCUT2D eigenvalue weighted by molar-refractivity contribution is 5.74.